The molecule has 0 spiro atoms. The van der Waals surface area contributed by atoms with Crippen molar-refractivity contribution in [3.63, 3.8) is 0 Å². The summed E-state index contributed by atoms with van der Waals surface area (Å²) in [6.07, 6.45) is 0. The Balaban J connectivity index is 2.90. The summed E-state index contributed by atoms with van der Waals surface area (Å²) in [4.78, 5) is 3.00. The molecule has 0 fully saturated rings. The Morgan fingerprint density at radius 2 is 2.00 bits per heavy atom. The van der Waals surface area contributed by atoms with Gasteiger partial charge in [-0.2, -0.15) is 0 Å². The molecule has 0 atom stereocenters. The second-order valence-electron chi connectivity index (χ2n) is 2.53. The Kier molecular flexibility index (Phi) is 1.06. The van der Waals surface area contributed by atoms with Gasteiger partial charge in [0.15, 0.2) is 0 Å². The second kappa shape index (κ2) is 1.92. The first-order valence-corrected chi connectivity index (χ1v) is 3.40. The Bertz CT molecular complexity index is 389. The Hall–Kier alpha value is -1.64. The van der Waals surface area contributed by atoms with Gasteiger partial charge in [-0.15, -0.1) is 0 Å². The summed E-state index contributed by atoms with van der Waals surface area (Å²) >= 11 is 0. The molecule has 1 heterocycles. The lowest BCUT2D eigenvalue weighted by molar-refractivity contribution is 1.47. The summed E-state index contributed by atoms with van der Waals surface area (Å²) < 4.78 is 0. The van der Waals surface area contributed by atoms with Crippen molar-refractivity contribution in [2.45, 2.75) is 0 Å². The van der Waals surface area contributed by atoms with Crippen molar-refractivity contribution in [1.82, 2.24) is 4.98 Å². The number of hydrogen-bond acceptors (Lipinski definition) is 2. The van der Waals surface area contributed by atoms with E-state index in [0.29, 0.717) is 5.82 Å². The Morgan fingerprint density at radius 1 is 1.18 bits per heavy atom. The monoisotopic (exact) mass is 147 g/mol. The number of rotatable bonds is 0. The highest BCUT2D eigenvalue weighted by Crippen LogP contribution is 2.21. The molecule has 3 nitrogen and oxygen atoms in total. The summed E-state index contributed by atoms with van der Waals surface area (Å²) in [5, 5.41) is 0.991. The van der Waals surface area contributed by atoms with Crippen LogP contribution in [0.2, 0.25) is 0 Å². The second-order valence-corrected chi connectivity index (χ2v) is 2.53. The van der Waals surface area contributed by atoms with E-state index in [0.717, 1.165) is 16.6 Å². The van der Waals surface area contributed by atoms with Crippen LogP contribution in [0.4, 0.5) is 11.5 Å². The van der Waals surface area contributed by atoms with Crippen molar-refractivity contribution < 1.29 is 0 Å². The van der Waals surface area contributed by atoms with Gasteiger partial charge in [0.1, 0.15) is 5.82 Å². The number of H-pyrrole nitrogens is 1. The highest BCUT2D eigenvalue weighted by Gasteiger charge is 1.98. The zero-order chi connectivity index (χ0) is 7.84. The molecule has 0 saturated heterocycles. The molecule has 1 aromatic carbocycles. The molecule has 0 bridgehead atoms. The van der Waals surface area contributed by atoms with Gasteiger partial charge in [-0.05, 0) is 18.2 Å². The van der Waals surface area contributed by atoms with Crippen LogP contribution in [0, 0.1) is 0 Å². The van der Waals surface area contributed by atoms with Gasteiger partial charge in [-0.3, -0.25) is 0 Å². The minimum Gasteiger partial charge on any atom is -0.398 e. The largest absolute Gasteiger partial charge is 0.398 e. The molecule has 0 radical (unpaired) electrons. The number of aromatic amines is 1. The lowest BCUT2D eigenvalue weighted by Gasteiger charge is -1.92. The first-order valence-electron chi connectivity index (χ1n) is 3.40. The summed E-state index contributed by atoms with van der Waals surface area (Å²) in [5.74, 6) is 0.651. The standard InChI is InChI=1S/C8H9N3/c9-6-2-1-3-7-5(6)4-8(10)11-7/h1-4,11H,9-10H2. The molecule has 3 heteroatoms. The molecule has 0 aliphatic rings. The minimum absolute atomic E-state index is 0.651. The molecule has 5 N–H and O–H groups in total. The van der Waals surface area contributed by atoms with Crippen molar-refractivity contribution in [3.8, 4) is 0 Å². The van der Waals surface area contributed by atoms with Crippen molar-refractivity contribution in [2.75, 3.05) is 11.5 Å². The summed E-state index contributed by atoms with van der Waals surface area (Å²) in [6, 6.07) is 7.54. The fourth-order valence-corrected chi connectivity index (χ4v) is 1.20. The molecule has 0 aliphatic heterocycles. The van der Waals surface area contributed by atoms with Crippen LogP contribution in [0.1, 0.15) is 0 Å². The Morgan fingerprint density at radius 3 is 2.73 bits per heavy atom. The fraction of sp³-hybridized carbons (Fsp3) is 0. The van der Waals surface area contributed by atoms with Gasteiger partial charge in [-0.25, -0.2) is 0 Å². The van der Waals surface area contributed by atoms with E-state index in [2.05, 4.69) is 4.98 Å². The van der Waals surface area contributed by atoms with Crippen LogP contribution in [-0.4, -0.2) is 4.98 Å². The lowest BCUT2D eigenvalue weighted by atomic mass is 10.2. The predicted octanol–water partition coefficient (Wildman–Crippen LogP) is 1.33. The van der Waals surface area contributed by atoms with Gasteiger partial charge >= 0.3 is 0 Å². The molecule has 2 aromatic rings. The first-order chi connectivity index (χ1) is 5.27. The third kappa shape index (κ3) is 0.816. The number of nitrogens with one attached hydrogen (secondary N) is 1. The number of benzene rings is 1. The number of nitrogens with two attached hydrogens (primary N) is 2. The van der Waals surface area contributed by atoms with Crippen molar-refractivity contribution >= 4 is 22.4 Å². The molecule has 56 valence electrons. The van der Waals surface area contributed by atoms with Gasteiger partial charge in [0.05, 0.1) is 0 Å². The first kappa shape index (κ1) is 6.09. The van der Waals surface area contributed by atoms with Crippen LogP contribution < -0.4 is 11.5 Å². The highest BCUT2D eigenvalue weighted by molar-refractivity contribution is 5.93. The molecule has 2 rings (SSSR count). The van der Waals surface area contributed by atoms with E-state index in [1.54, 1.807) is 0 Å². The van der Waals surface area contributed by atoms with Crippen molar-refractivity contribution in [3.05, 3.63) is 24.3 Å². The summed E-state index contributed by atoms with van der Waals surface area (Å²) in [6.45, 7) is 0. The van der Waals surface area contributed by atoms with Crippen molar-refractivity contribution in [2.24, 2.45) is 0 Å². The summed E-state index contributed by atoms with van der Waals surface area (Å²) in [7, 11) is 0. The maximum Gasteiger partial charge on any atom is 0.101 e. The zero-order valence-electron chi connectivity index (χ0n) is 5.96. The molecule has 0 unspecified atom stereocenters. The quantitative estimate of drug-likeness (QED) is 0.492. The van der Waals surface area contributed by atoms with Crippen LogP contribution >= 0.6 is 0 Å². The average Bonchev–Trinajstić information content (AvgIpc) is 2.31. The van der Waals surface area contributed by atoms with Crippen molar-refractivity contribution in [1.29, 1.82) is 0 Å². The SMILES string of the molecule is Nc1cc2c(N)cccc2[nH]1. The maximum atomic E-state index is 5.69. The normalized spacial score (nSPS) is 10.5. The third-order valence-electron chi connectivity index (χ3n) is 1.72. The molecule has 0 amide bonds. The fourth-order valence-electron chi connectivity index (χ4n) is 1.20. The van der Waals surface area contributed by atoms with E-state index < -0.39 is 0 Å². The van der Waals surface area contributed by atoms with Crippen LogP contribution in [0.15, 0.2) is 24.3 Å². The number of fused-ring (bicyclic) bond motifs is 1. The average molecular weight is 147 g/mol. The number of anilines is 2. The van der Waals surface area contributed by atoms with Crippen LogP contribution in [0.5, 0.6) is 0 Å². The highest BCUT2D eigenvalue weighted by atomic mass is 14.8. The molecule has 11 heavy (non-hydrogen) atoms. The van der Waals surface area contributed by atoms with Crippen LogP contribution in [0.25, 0.3) is 10.9 Å². The van der Waals surface area contributed by atoms with E-state index >= 15 is 0 Å². The minimum atomic E-state index is 0.651. The van der Waals surface area contributed by atoms with Crippen LogP contribution in [0.3, 0.4) is 0 Å². The smallest absolute Gasteiger partial charge is 0.101 e. The third-order valence-corrected chi connectivity index (χ3v) is 1.72. The van der Waals surface area contributed by atoms with E-state index in [1.807, 2.05) is 24.3 Å². The van der Waals surface area contributed by atoms with E-state index in [-0.39, 0.29) is 0 Å². The number of hydrogen-bond donors (Lipinski definition) is 3. The molecule has 0 saturated carbocycles. The topological polar surface area (TPSA) is 67.8 Å². The molecular formula is C8H9N3. The zero-order valence-corrected chi connectivity index (χ0v) is 5.96. The van der Waals surface area contributed by atoms with E-state index in [9.17, 15) is 0 Å². The number of nitrogen functional groups attached to an aromatic ring is 2. The van der Waals surface area contributed by atoms with Gasteiger partial charge < -0.3 is 16.5 Å². The summed E-state index contributed by atoms with van der Waals surface area (Å²) in [5.41, 5.74) is 13.0. The molecule has 0 aliphatic carbocycles. The van der Waals surface area contributed by atoms with Gasteiger partial charge in [0.25, 0.3) is 0 Å². The predicted molar refractivity (Wildman–Crippen MR) is 47.1 cm³/mol. The number of aromatic nitrogens is 1. The van der Waals surface area contributed by atoms with Gasteiger partial charge in [0, 0.05) is 16.6 Å². The molecule has 1 aromatic heterocycles. The Labute approximate surface area is 64.0 Å². The van der Waals surface area contributed by atoms with Crippen LogP contribution in [-0.2, 0) is 0 Å². The molecular weight excluding hydrogens is 138 g/mol. The maximum absolute atomic E-state index is 5.69. The van der Waals surface area contributed by atoms with E-state index in [1.165, 1.54) is 0 Å². The van der Waals surface area contributed by atoms with Gasteiger partial charge in [-0.1, -0.05) is 6.07 Å². The lowest BCUT2D eigenvalue weighted by Crippen LogP contribution is -1.82. The van der Waals surface area contributed by atoms with E-state index in [4.69, 9.17) is 11.5 Å². The van der Waals surface area contributed by atoms with Gasteiger partial charge in [0.2, 0.25) is 0 Å².